The summed E-state index contributed by atoms with van der Waals surface area (Å²) in [6, 6.07) is 11.5. The Morgan fingerprint density at radius 1 is 1.15 bits per heavy atom. The molecule has 2 aromatic rings. The number of benzene rings is 2. The van der Waals surface area contributed by atoms with Gasteiger partial charge in [0.15, 0.2) is 0 Å². The number of aliphatic hydroxyl groups excluding tert-OH is 1. The Kier molecular flexibility index (Phi) is 7.27. The van der Waals surface area contributed by atoms with Gasteiger partial charge in [0.25, 0.3) is 0 Å². The summed E-state index contributed by atoms with van der Waals surface area (Å²) in [5.74, 6) is 0.775. The van der Waals surface area contributed by atoms with Crippen molar-refractivity contribution in [1.29, 1.82) is 0 Å². The molecule has 2 aromatic carbocycles. The van der Waals surface area contributed by atoms with Crippen LogP contribution in [0.5, 0.6) is 5.75 Å². The molecule has 1 N–H and O–H groups in total. The minimum absolute atomic E-state index is 0.203. The van der Waals surface area contributed by atoms with E-state index < -0.39 is 17.8 Å². The summed E-state index contributed by atoms with van der Waals surface area (Å²) in [6.07, 6.45) is 0.284. The number of halogens is 4. The minimum atomic E-state index is -4.35. The molecular weight excluding hydrogens is 451 g/mol. The molecule has 180 valence electrons. The highest BCUT2D eigenvalue weighted by atomic mass is 35.5. The third kappa shape index (κ3) is 5.50. The monoisotopic (exact) mass is 481 g/mol. The van der Waals surface area contributed by atoms with E-state index in [4.69, 9.17) is 16.3 Å². The van der Waals surface area contributed by atoms with E-state index in [-0.39, 0.29) is 11.3 Å². The maximum atomic E-state index is 12.9. The predicted molar refractivity (Wildman–Crippen MR) is 124 cm³/mol. The van der Waals surface area contributed by atoms with E-state index in [9.17, 15) is 18.3 Å². The van der Waals surface area contributed by atoms with Gasteiger partial charge in [0, 0.05) is 29.4 Å². The Balaban J connectivity index is 1.34. The number of rotatable bonds is 7. The maximum absolute atomic E-state index is 12.9. The molecule has 1 heterocycles. The first-order chi connectivity index (χ1) is 15.7. The number of β-amino-alcohol motifs (C(OH)–C–C–N with tert-alkyl or cyclic N) is 1. The lowest BCUT2D eigenvalue weighted by molar-refractivity contribution is -0.137. The Morgan fingerprint density at radius 3 is 2.48 bits per heavy atom. The third-order valence-corrected chi connectivity index (χ3v) is 7.57. The highest BCUT2D eigenvalue weighted by molar-refractivity contribution is 6.30. The second-order valence-electron chi connectivity index (χ2n) is 9.59. The van der Waals surface area contributed by atoms with Crippen LogP contribution < -0.4 is 4.74 Å². The molecule has 1 aliphatic heterocycles. The van der Waals surface area contributed by atoms with Crippen LogP contribution in [-0.4, -0.2) is 42.4 Å². The zero-order valence-corrected chi connectivity index (χ0v) is 19.6. The van der Waals surface area contributed by atoms with Gasteiger partial charge in [-0.05, 0) is 80.6 Å². The van der Waals surface area contributed by atoms with Crippen LogP contribution in [0, 0.1) is 12.8 Å². The van der Waals surface area contributed by atoms with Gasteiger partial charge in [0.2, 0.25) is 0 Å². The van der Waals surface area contributed by atoms with Crippen LogP contribution in [0.2, 0.25) is 5.02 Å². The van der Waals surface area contributed by atoms with Crippen LogP contribution in [0.25, 0.3) is 0 Å². The largest absolute Gasteiger partial charge is 0.493 e. The Labute approximate surface area is 198 Å². The van der Waals surface area contributed by atoms with Gasteiger partial charge in [-0.25, -0.2) is 0 Å². The first-order valence-electron chi connectivity index (χ1n) is 11.6. The van der Waals surface area contributed by atoms with Gasteiger partial charge < -0.3 is 14.7 Å². The highest BCUT2D eigenvalue weighted by Gasteiger charge is 2.45. The van der Waals surface area contributed by atoms with Crippen LogP contribution in [0.15, 0.2) is 42.5 Å². The summed E-state index contributed by atoms with van der Waals surface area (Å²) >= 11 is 6.05. The van der Waals surface area contributed by atoms with Crippen LogP contribution in [-0.2, 0) is 11.6 Å². The average molecular weight is 482 g/mol. The second-order valence-corrected chi connectivity index (χ2v) is 10.0. The lowest BCUT2D eigenvalue weighted by Gasteiger charge is -2.48. The Morgan fingerprint density at radius 2 is 1.88 bits per heavy atom. The van der Waals surface area contributed by atoms with E-state index in [1.165, 1.54) is 6.07 Å². The van der Waals surface area contributed by atoms with E-state index in [0.29, 0.717) is 29.5 Å². The molecule has 2 fully saturated rings. The summed E-state index contributed by atoms with van der Waals surface area (Å²) in [6.45, 7) is 4.46. The van der Waals surface area contributed by atoms with Crippen molar-refractivity contribution in [2.45, 2.75) is 56.7 Å². The van der Waals surface area contributed by atoms with Crippen molar-refractivity contribution in [2.75, 3.05) is 26.2 Å². The van der Waals surface area contributed by atoms with Crippen molar-refractivity contribution in [3.8, 4) is 5.75 Å². The molecule has 7 heteroatoms. The summed E-state index contributed by atoms with van der Waals surface area (Å²) < 4.78 is 44.6. The fourth-order valence-electron chi connectivity index (χ4n) is 5.22. The lowest BCUT2D eigenvalue weighted by Crippen LogP contribution is -2.52. The number of aryl methyl sites for hydroxylation is 1. The molecule has 4 rings (SSSR count). The van der Waals surface area contributed by atoms with E-state index in [1.807, 2.05) is 24.3 Å². The van der Waals surface area contributed by atoms with Crippen molar-refractivity contribution in [3.63, 3.8) is 0 Å². The maximum Gasteiger partial charge on any atom is 0.416 e. The quantitative estimate of drug-likeness (QED) is 0.508. The standard InChI is InChI=1S/C26H31ClF3NO2/c1-18-14-21(26(28,29)30)7-10-23(18)33-17-19-4-2-13-31(15-19)16-24(32)25(11-3-12-25)20-5-8-22(27)9-6-20/h5-10,14,19,24,32H,2-4,11-13,15-17H2,1H3/t19-,24+/m1/s1. The first kappa shape index (κ1) is 24.4. The van der Waals surface area contributed by atoms with E-state index in [1.54, 1.807) is 6.92 Å². The smallest absolute Gasteiger partial charge is 0.416 e. The number of nitrogens with zero attached hydrogens (tertiary/aromatic N) is 1. The molecule has 33 heavy (non-hydrogen) atoms. The molecule has 0 bridgehead atoms. The van der Waals surface area contributed by atoms with Crippen molar-refractivity contribution < 1.29 is 23.0 Å². The molecule has 0 amide bonds. The number of alkyl halides is 3. The zero-order chi connectivity index (χ0) is 23.6. The Bertz CT molecular complexity index is 944. The van der Waals surface area contributed by atoms with Crippen molar-refractivity contribution in [2.24, 2.45) is 5.92 Å². The number of ether oxygens (including phenoxy) is 1. The average Bonchev–Trinajstić information content (AvgIpc) is 2.73. The fraction of sp³-hybridized carbons (Fsp3) is 0.538. The van der Waals surface area contributed by atoms with Gasteiger partial charge >= 0.3 is 6.18 Å². The van der Waals surface area contributed by atoms with Crippen LogP contribution in [0.1, 0.15) is 48.8 Å². The predicted octanol–water partition coefficient (Wildman–Crippen LogP) is 6.24. The van der Waals surface area contributed by atoms with Gasteiger partial charge in [-0.3, -0.25) is 0 Å². The number of likely N-dealkylation sites (tertiary alicyclic amines) is 1. The Hall–Kier alpha value is -1.76. The second kappa shape index (κ2) is 9.85. The van der Waals surface area contributed by atoms with Crippen molar-refractivity contribution in [1.82, 2.24) is 4.90 Å². The summed E-state index contributed by atoms with van der Waals surface area (Å²) in [4.78, 5) is 2.30. The molecular formula is C26H31ClF3NO2. The van der Waals surface area contributed by atoms with Crippen LogP contribution in [0.4, 0.5) is 13.2 Å². The van der Waals surface area contributed by atoms with Gasteiger partial charge in [0.05, 0.1) is 18.3 Å². The molecule has 0 aromatic heterocycles. The molecule has 1 aliphatic carbocycles. The topological polar surface area (TPSA) is 32.7 Å². The van der Waals surface area contributed by atoms with Crippen LogP contribution >= 0.6 is 11.6 Å². The molecule has 0 spiro atoms. The number of hydrogen-bond acceptors (Lipinski definition) is 3. The molecule has 3 nitrogen and oxygen atoms in total. The van der Waals surface area contributed by atoms with Crippen molar-refractivity contribution >= 4 is 11.6 Å². The summed E-state index contributed by atoms with van der Waals surface area (Å²) in [5.41, 5.74) is 0.782. The summed E-state index contributed by atoms with van der Waals surface area (Å²) in [7, 11) is 0. The van der Waals surface area contributed by atoms with Gasteiger partial charge in [0.1, 0.15) is 5.75 Å². The molecule has 2 atom stereocenters. The number of piperidine rings is 1. The molecule has 1 saturated carbocycles. The number of aliphatic hydroxyl groups is 1. The normalized spacial score (nSPS) is 21.9. The van der Waals surface area contributed by atoms with E-state index in [2.05, 4.69) is 4.90 Å². The van der Waals surface area contributed by atoms with Crippen molar-refractivity contribution in [3.05, 3.63) is 64.2 Å². The molecule has 0 radical (unpaired) electrons. The third-order valence-electron chi connectivity index (χ3n) is 7.31. The SMILES string of the molecule is Cc1cc(C(F)(F)F)ccc1OC[C@@H]1CCCN(C[C@H](O)C2(c3ccc(Cl)cc3)CCC2)C1. The van der Waals surface area contributed by atoms with Gasteiger partial charge in [-0.2, -0.15) is 13.2 Å². The van der Waals surface area contributed by atoms with Gasteiger partial charge in [-0.1, -0.05) is 30.2 Å². The van der Waals surface area contributed by atoms with E-state index in [0.717, 1.165) is 62.9 Å². The van der Waals surface area contributed by atoms with Crippen LogP contribution in [0.3, 0.4) is 0 Å². The molecule has 0 unspecified atom stereocenters. The molecule has 1 saturated heterocycles. The zero-order valence-electron chi connectivity index (χ0n) is 18.9. The summed E-state index contributed by atoms with van der Waals surface area (Å²) in [5, 5.41) is 11.9. The number of hydrogen-bond donors (Lipinski definition) is 1. The lowest BCUT2D eigenvalue weighted by atomic mass is 9.61. The minimum Gasteiger partial charge on any atom is -0.493 e. The fourth-order valence-corrected chi connectivity index (χ4v) is 5.35. The molecule has 2 aliphatic rings. The highest BCUT2D eigenvalue weighted by Crippen LogP contribution is 2.47. The van der Waals surface area contributed by atoms with Gasteiger partial charge in [-0.15, -0.1) is 0 Å². The first-order valence-corrected chi connectivity index (χ1v) is 12.0. The van der Waals surface area contributed by atoms with E-state index >= 15 is 0 Å².